The predicted octanol–water partition coefficient (Wildman–Crippen LogP) is 6.67. The molecule has 0 aromatic heterocycles. The lowest BCUT2D eigenvalue weighted by molar-refractivity contribution is -0.116. The number of carbonyl (C=O) groups is 1. The van der Waals surface area contributed by atoms with Crippen LogP contribution in [0.25, 0.3) is 0 Å². The second kappa shape index (κ2) is 14.4. The first-order valence-corrected chi connectivity index (χ1v) is 10.4. The Hall–Kier alpha value is -1.67. The number of benzene rings is 1. The number of hydrogen-bond donors (Lipinski definition) is 0. The molecule has 0 amide bonds. The first-order chi connectivity index (χ1) is 12.8. The second-order valence-electron chi connectivity index (χ2n) is 7.55. The molecule has 0 spiro atoms. The summed E-state index contributed by atoms with van der Waals surface area (Å²) in [6.07, 6.45) is 5.80. The molecule has 152 valence electrons. The lowest BCUT2D eigenvalue weighted by atomic mass is 10.0. The fourth-order valence-electron chi connectivity index (χ4n) is 2.84. The van der Waals surface area contributed by atoms with Crippen LogP contribution in [0.4, 0.5) is 0 Å². The Balaban J connectivity index is 0.000000562. The van der Waals surface area contributed by atoms with Gasteiger partial charge in [-0.1, -0.05) is 72.9 Å². The van der Waals surface area contributed by atoms with Gasteiger partial charge in [0.25, 0.3) is 0 Å². The van der Waals surface area contributed by atoms with Gasteiger partial charge in [-0.3, -0.25) is 9.69 Å². The van der Waals surface area contributed by atoms with Crippen LogP contribution in [-0.2, 0) is 4.79 Å². The molecule has 1 heterocycles. The van der Waals surface area contributed by atoms with Crippen molar-refractivity contribution in [1.82, 2.24) is 4.90 Å². The van der Waals surface area contributed by atoms with Crippen LogP contribution in [0, 0.1) is 13.8 Å². The zero-order valence-electron chi connectivity index (χ0n) is 19.0. The molecular weight excluding hydrogens is 330 g/mol. The van der Waals surface area contributed by atoms with E-state index in [1.165, 1.54) is 36.0 Å². The average molecular weight is 372 g/mol. The highest BCUT2D eigenvalue weighted by atomic mass is 16.1. The molecule has 0 bridgehead atoms. The third kappa shape index (κ3) is 11.6. The summed E-state index contributed by atoms with van der Waals surface area (Å²) in [5.41, 5.74) is 5.86. The van der Waals surface area contributed by atoms with E-state index >= 15 is 0 Å². The SMILES string of the molecule is CC.CC(C)=CC(C(=O)CN1CCCCC1)=C(C)C.Cc1ccc(C)cc1. The predicted molar refractivity (Wildman–Crippen MR) is 120 cm³/mol. The maximum atomic E-state index is 12.2. The number of hydrogen-bond acceptors (Lipinski definition) is 2. The van der Waals surface area contributed by atoms with Gasteiger partial charge in [0, 0.05) is 5.57 Å². The van der Waals surface area contributed by atoms with Crippen molar-refractivity contribution in [1.29, 1.82) is 0 Å². The van der Waals surface area contributed by atoms with E-state index in [2.05, 4.69) is 43.0 Å². The van der Waals surface area contributed by atoms with Gasteiger partial charge < -0.3 is 0 Å². The molecule has 1 aromatic rings. The molecule has 27 heavy (non-hydrogen) atoms. The highest BCUT2D eigenvalue weighted by molar-refractivity contribution is 6.00. The maximum absolute atomic E-state index is 12.2. The summed E-state index contributed by atoms with van der Waals surface area (Å²) in [6, 6.07) is 8.48. The van der Waals surface area contributed by atoms with Crippen molar-refractivity contribution in [3.8, 4) is 0 Å². The fourth-order valence-corrected chi connectivity index (χ4v) is 2.84. The number of allylic oxidation sites excluding steroid dienone is 3. The highest BCUT2D eigenvalue weighted by Crippen LogP contribution is 2.13. The molecule has 0 saturated carbocycles. The van der Waals surface area contributed by atoms with Gasteiger partial charge in [-0.25, -0.2) is 0 Å². The van der Waals surface area contributed by atoms with Gasteiger partial charge in [-0.2, -0.15) is 0 Å². The number of likely N-dealkylation sites (tertiary alicyclic amines) is 1. The van der Waals surface area contributed by atoms with Crippen molar-refractivity contribution < 1.29 is 4.79 Å². The molecule has 0 aliphatic carbocycles. The van der Waals surface area contributed by atoms with Crippen molar-refractivity contribution in [3.05, 3.63) is 58.2 Å². The van der Waals surface area contributed by atoms with Crippen LogP contribution >= 0.6 is 0 Å². The molecule has 2 heteroatoms. The van der Waals surface area contributed by atoms with Gasteiger partial charge in [-0.05, 0) is 67.5 Å². The number of nitrogens with zero attached hydrogens (tertiary/aromatic N) is 1. The van der Waals surface area contributed by atoms with Gasteiger partial charge >= 0.3 is 0 Å². The fraction of sp³-hybridized carbons (Fsp3) is 0.560. The molecule has 1 aliphatic rings. The summed E-state index contributed by atoms with van der Waals surface area (Å²) in [7, 11) is 0. The molecular formula is C25H41NO. The van der Waals surface area contributed by atoms with Gasteiger partial charge in [0.1, 0.15) is 0 Å². The highest BCUT2D eigenvalue weighted by Gasteiger charge is 2.16. The molecule has 2 nitrogen and oxygen atoms in total. The molecule has 2 rings (SSSR count). The average Bonchev–Trinajstić information content (AvgIpc) is 2.65. The quantitative estimate of drug-likeness (QED) is 0.435. The normalized spacial score (nSPS) is 13.3. The van der Waals surface area contributed by atoms with Gasteiger partial charge in [-0.15, -0.1) is 0 Å². The molecule has 1 fully saturated rings. The summed E-state index contributed by atoms with van der Waals surface area (Å²) in [5.74, 6) is 0.271. The standard InChI is InChI=1S/C15H25NO.C8H10.C2H6/c1-12(2)10-14(13(3)4)15(17)11-16-8-6-5-7-9-16;1-7-3-5-8(2)6-4-7;1-2/h10H,5-9,11H2,1-4H3;3-6H,1-2H3;1-2H3. The van der Waals surface area contributed by atoms with Crippen LogP contribution in [0.3, 0.4) is 0 Å². The van der Waals surface area contributed by atoms with Crippen LogP contribution < -0.4 is 0 Å². The largest absolute Gasteiger partial charge is 0.296 e. The lowest BCUT2D eigenvalue weighted by Gasteiger charge is -2.25. The Bertz CT molecular complexity index is 573. The number of Topliss-reactive ketones (excluding diaryl/α,β-unsaturated/α-hetero) is 1. The lowest BCUT2D eigenvalue weighted by Crippen LogP contribution is -2.35. The molecule has 0 atom stereocenters. The molecule has 0 radical (unpaired) electrons. The number of rotatable bonds is 4. The first kappa shape index (κ1) is 25.3. The Labute approximate surface area is 168 Å². The van der Waals surface area contributed by atoms with Crippen molar-refractivity contribution >= 4 is 5.78 Å². The molecule has 1 aliphatic heterocycles. The van der Waals surface area contributed by atoms with E-state index in [0.29, 0.717) is 6.54 Å². The van der Waals surface area contributed by atoms with E-state index in [1.54, 1.807) is 0 Å². The van der Waals surface area contributed by atoms with Crippen LogP contribution in [0.15, 0.2) is 47.1 Å². The van der Waals surface area contributed by atoms with Gasteiger partial charge in [0.2, 0.25) is 0 Å². The third-order valence-electron chi connectivity index (χ3n) is 4.31. The minimum Gasteiger partial charge on any atom is -0.296 e. The molecule has 0 unspecified atom stereocenters. The van der Waals surface area contributed by atoms with Crippen LogP contribution in [0.2, 0.25) is 0 Å². The van der Waals surface area contributed by atoms with E-state index < -0.39 is 0 Å². The topological polar surface area (TPSA) is 20.3 Å². The zero-order chi connectivity index (χ0) is 20.8. The minimum atomic E-state index is 0.271. The Morgan fingerprint density at radius 3 is 1.70 bits per heavy atom. The van der Waals surface area contributed by atoms with Crippen LogP contribution in [-0.4, -0.2) is 30.3 Å². The van der Waals surface area contributed by atoms with Crippen molar-refractivity contribution in [2.24, 2.45) is 0 Å². The smallest absolute Gasteiger partial charge is 0.176 e. The number of ketones is 1. The summed E-state index contributed by atoms with van der Waals surface area (Å²) in [6.45, 7) is 19.1. The van der Waals surface area contributed by atoms with E-state index in [1.807, 2.05) is 47.6 Å². The van der Waals surface area contributed by atoms with Gasteiger partial charge in [0.15, 0.2) is 5.78 Å². The third-order valence-corrected chi connectivity index (χ3v) is 4.31. The Morgan fingerprint density at radius 2 is 1.33 bits per heavy atom. The zero-order valence-corrected chi connectivity index (χ0v) is 19.0. The molecule has 1 saturated heterocycles. The van der Waals surface area contributed by atoms with E-state index in [9.17, 15) is 4.79 Å². The van der Waals surface area contributed by atoms with E-state index in [4.69, 9.17) is 0 Å². The van der Waals surface area contributed by atoms with E-state index in [-0.39, 0.29) is 5.78 Å². The molecule has 0 N–H and O–H groups in total. The monoisotopic (exact) mass is 371 g/mol. The van der Waals surface area contributed by atoms with Crippen molar-refractivity contribution in [3.63, 3.8) is 0 Å². The summed E-state index contributed by atoms with van der Waals surface area (Å²) >= 11 is 0. The van der Waals surface area contributed by atoms with Crippen LogP contribution in [0.5, 0.6) is 0 Å². The minimum absolute atomic E-state index is 0.271. The number of piperidine rings is 1. The Kier molecular flexibility index (Phi) is 13.5. The maximum Gasteiger partial charge on any atom is 0.176 e. The van der Waals surface area contributed by atoms with Crippen LogP contribution in [0.1, 0.15) is 71.9 Å². The summed E-state index contributed by atoms with van der Waals surface area (Å²) in [4.78, 5) is 14.5. The first-order valence-electron chi connectivity index (χ1n) is 10.4. The van der Waals surface area contributed by atoms with Gasteiger partial charge in [0.05, 0.1) is 6.54 Å². The van der Waals surface area contributed by atoms with E-state index in [0.717, 1.165) is 24.2 Å². The summed E-state index contributed by atoms with van der Waals surface area (Å²) in [5, 5.41) is 0. The molecule has 1 aromatic carbocycles. The number of carbonyl (C=O) groups excluding carboxylic acids is 1. The second-order valence-corrected chi connectivity index (χ2v) is 7.55. The van der Waals surface area contributed by atoms with Crippen molar-refractivity contribution in [2.45, 2.75) is 74.7 Å². The summed E-state index contributed by atoms with van der Waals surface area (Å²) < 4.78 is 0. The number of aryl methyl sites for hydroxylation is 2. The Morgan fingerprint density at radius 1 is 0.889 bits per heavy atom. The van der Waals surface area contributed by atoms with Crippen molar-refractivity contribution in [2.75, 3.05) is 19.6 Å².